The Labute approximate surface area is 328 Å². The maximum atomic E-state index is 12.4. The summed E-state index contributed by atoms with van der Waals surface area (Å²) in [6, 6.07) is 0. The summed E-state index contributed by atoms with van der Waals surface area (Å²) in [7, 11) is -4.82. The Morgan fingerprint density at radius 2 is 1.00 bits per heavy atom. The summed E-state index contributed by atoms with van der Waals surface area (Å²) < 4.78 is 26.2. The Morgan fingerprint density at radius 3 is 1.48 bits per heavy atom. The molecule has 0 rings (SSSR count). The van der Waals surface area contributed by atoms with E-state index in [4.69, 9.17) is 19.3 Å². The molecule has 0 bridgehead atoms. The minimum atomic E-state index is -4.82. The largest absolute Gasteiger partial charge is 0.469 e. The lowest BCUT2D eigenvalue weighted by Crippen LogP contribution is -2.29. The van der Waals surface area contributed by atoms with Crippen molar-refractivity contribution in [3.8, 4) is 0 Å². The Hall–Kier alpha value is -2.07. The van der Waals surface area contributed by atoms with E-state index < -0.39 is 51.3 Å². The first-order valence-electron chi connectivity index (χ1n) is 21.1. The van der Waals surface area contributed by atoms with Crippen molar-refractivity contribution in [2.75, 3.05) is 13.2 Å². The monoisotopic (exact) mass is 785 g/mol. The number of hydrogen-bond donors (Lipinski definition) is 4. The molecule has 10 nitrogen and oxygen atoms in total. The third-order valence-corrected chi connectivity index (χ3v) is 9.55. The Morgan fingerprint density at radius 1 is 0.556 bits per heavy atom. The van der Waals surface area contributed by atoms with Gasteiger partial charge < -0.3 is 29.5 Å². The van der Waals surface area contributed by atoms with Gasteiger partial charge in [0, 0.05) is 12.8 Å². The van der Waals surface area contributed by atoms with Gasteiger partial charge in [0.05, 0.1) is 18.8 Å². The number of allylic oxidation sites excluding steroid dienone is 7. The van der Waals surface area contributed by atoms with Gasteiger partial charge in [0.2, 0.25) is 0 Å². The molecule has 0 aromatic rings. The van der Waals surface area contributed by atoms with Crippen molar-refractivity contribution in [1.82, 2.24) is 0 Å². The van der Waals surface area contributed by atoms with E-state index in [0.29, 0.717) is 6.42 Å². The second kappa shape index (κ2) is 37.8. The molecule has 0 saturated carbocycles. The first kappa shape index (κ1) is 51.9. The highest BCUT2D eigenvalue weighted by atomic mass is 31.2. The summed E-state index contributed by atoms with van der Waals surface area (Å²) >= 11 is 0. The molecule has 0 aromatic carbocycles. The van der Waals surface area contributed by atoms with Crippen LogP contribution in [-0.4, -0.2) is 63.5 Å². The van der Waals surface area contributed by atoms with Gasteiger partial charge in [-0.15, -0.1) is 0 Å². The van der Waals surface area contributed by atoms with E-state index in [0.717, 1.165) is 44.9 Å². The van der Waals surface area contributed by atoms with Crippen LogP contribution < -0.4 is 0 Å². The summed E-state index contributed by atoms with van der Waals surface area (Å²) in [6.45, 7) is 3.33. The van der Waals surface area contributed by atoms with Gasteiger partial charge in [-0.1, -0.05) is 165 Å². The number of unbranched alkanes of at least 4 members (excludes halogenated alkanes) is 16. The predicted octanol–water partition coefficient (Wildman–Crippen LogP) is 10.7. The molecule has 0 unspecified atom stereocenters. The van der Waals surface area contributed by atoms with Crippen molar-refractivity contribution in [2.45, 2.75) is 199 Å². The third-order valence-electron chi connectivity index (χ3n) is 9.06. The van der Waals surface area contributed by atoms with Crippen LogP contribution in [0.3, 0.4) is 0 Å². The van der Waals surface area contributed by atoms with Crippen molar-refractivity contribution < 1.29 is 48.2 Å². The van der Waals surface area contributed by atoms with E-state index in [1.807, 2.05) is 18.2 Å². The number of ether oxygens (including phenoxy) is 2. The Bertz CT molecular complexity index is 1050. The molecular formula is C43H77O10P. The lowest BCUT2D eigenvalue weighted by molar-refractivity contribution is -0.161. The Kier molecular flexibility index (Phi) is 36.4. The second-order valence-electron chi connectivity index (χ2n) is 14.3. The number of phosphoric ester groups is 1. The number of rotatable bonds is 38. The van der Waals surface area contributed by atoms with E-state index in [-0.39, 0.29) is 32.1 Å². The second-order valence-corrected chi connectivity index (χ2v) is 15.5. The highest BCUT2D eigenvalue weighted by Gasteiger charge is 2.23. The molecule has 0 spiro atoms. The lowest BCUT2D eigenvalue weighted by Gasteiger charge is -2.19. The number of aliphatic hydroxyl groups is 2. The van der Waals surface area contributed by atoms with Crippen molar-refractivity contribution >= 4 is 19.8 Å². The molecule has 4 N–H and O–H groups in total. The smallest absolute Gasteiger partial charge is 0.462 e. The lowest BCUT2D eigenvalue weighted by atomic mass is 10.0. The summed E-state index contributed by atoms with van der Waals surface area (Å²) in [5, 5.41) is 20.5. The topological polar surface area (TPSA) is 160 Å². The molecular weight excluding hydrogens is 707 g/mol. The molecule has 0 aliphatic rings. The van der Waals surface area contributed by atoms with Crippen LogP contribution in [0.5, 0.6) is 0 Å². The predicted molar refractivity (Wildman–Crippen MR) is 219 cm³/mol. The molecule has 54 heavy (non-hydrogen) atoms. The van der Waals surface area contributed by atoms with E-state index in [1.165, 1.54) is 83.5 Å². The number of carbonyl (C=O) groups excluding carboxylic acids is 2. The molecule has 0 aliphatic carbocycles. The third kappa shape index (κ3) is 38.2. The van der Waals surface area contributed by atoms with Gasteiger partial charge in [0.15, 0.2) is 6.10 Å². The highest BCUT2D eigenvalue weighted by Crippen LogP contribution is 2.36. The molecule has 0 aromatic heterocycles. The zero-order chi connectivity index (χ0) is 40.0. The molecule has 0 fully saturated rings. The Balaban J connectivity index is 4.14. The number of hydrogen-bond acceptors (Lipinski definition) is 8. The minimum absolute atomic E-state index is 0.0486. The fraction of sp³-hybridized carbons (Fsp3) is 0.767. The molecule has 11 heteroatoms. The number of phosphoric acid groups is 1. The van der Waals surface area contributed by atoms with E-state index >= 15 is 0 Å². The van der Waals surface area contributed by atoms with Gasteiger partial charge in [-0.2, -0.15) is 0 Å². The maximum absolute atomic E-state index is 12.4. The first-order valence-corrected chi connectivity index (χ1v) is 22.6. The summed E-state index contributed by atoms with van der Waals surface area (Å²) in [6.07, 6.45) is 38.6. The molecule has 0 saturated heterocycles. The van der Waals surface area contributed by atoms with Crippen LogP contribution in [-0.2, 0) is 28.2 Å². The summed E-state index contributed by atoms with van der Waals surface area (Å²) in [5.41, 5.74) is 0. The molecule has 314 valence electrons. The summed E-state index contributed by atoms with van der Waals surface area (Å²) in [5.74, 6) is -1.17. The van der Waals surface area contributed by atoms with Gasteiger partial charge in [-0.3, -0.25) is 14.1 Å². The molecule has 0 aliphatic heterocycles. The average molecular weight is 785 g/mol. The fourth-order valence-corrected chi connectivity index (χ4v) is 6.17. The van der Waals surface area contributed by atoms with Gasteiger partial charge in [0.1, 0.15) is 6.61 Å². The number of esters is 2. The van der Waals surface area contributed by atoms with Crippen LogP contribution in [0.2, 0.25) is 0 Å². The number of aliphatic hydroxyl groups excluding tert-OH is 2. The minimum Gasteiger partial charge on any atom is -0.462 e. The SMILES string of the molecule is CC/C=C\C/C=C\C/C=C\C/C=C\C[C@H](O)[C@@H](O)CCCC(=O)OC[C@H](COP(=O)(O)O)OC(=O)CCCCCCCCCCCCCCCCCCC. The van der Waals surface area contributed by atoms with E-state index in [9.17, 15) is 24.4 Å². The fourth-order valence-electron chi connectivity index (χ4n) is 5.81. The molecule has 0 heterocycles. The van der Waals surface area contributed by atoms with Gasteiger partial charge in [0.25, 0.3) is 0 Å². The highest BCUT2D eigenvalue weighted by molar-refractivity contribution is 7.46. The first-order chi connectivity index (χ1) is 26.1. The van der Waals surface area contributed by atoms with Gasteiger partial charge >= 0.3 is 19.8 Å². The molecule has 0 radical (unpaired) electrons. The van der Waals surface area contributed by atoms with Crippen molar-refractivity contribution in [3.05, 3.63) is 48.6 Å². The molecule has 3 atom stereocenters. The van der Waals surface area contributed by atoms with Crippen molar-refractivity contribution in [1.29, 1.82) is 0 Å². The summed E-state index contributed by atoms with van der Waals surface area (Å²) in [4.78, 5) is 42.9. The van der Waals surface area contributed by atoms with Crippen molar-refractivity contribution in [3.63, 3.8) is 0 Å². The quantitative estimate of drug-likeness (QED) is 0.0205. The van der Waals surface area contributed by atoms with Crippen LogP contribution in [0.25, 0.3) is 0 Å². The van der Waals surface area contributed by atoms with Crippen LogP contribution in [0.4, 0.5) is 0 Å². The van der Waals surface area contributed by atoms with Crippen LogP contribution in [0.15, 0.2) is 48.6 Å². The normalized spacial score (nSPS) is 14.1. The zero-order valence-electron chi connectivity index (χ0n) is 33.8. The van der Waals surface area contributed by atoms with Crippen LogP contribution in [0.1, 0.15) is 181 Å². The van der Waals surface area contributed by atoms with Crippen LogP contribution in [0, 0.1) is 0 Å². The van der Waals surface area contributed by atoms with Crippen LogP contribution >= 0.6 is 7.82 Å². The standard InChI is InChI=1S/C43H77O10P/c1-3-5-7-9-11-13-15-17-18-19-20-21-23-25-27-29-31-35-43(47)53-39(38-52-54(48,49)50)37-51-42(46)36-32-34-41(45)40(44)33-30-28-26-24-22-16-14-12-10-8-6-4-2/h6,8,12,14,22,24,28,30,39-41,44-45H,3-5,7,9-11,13,15-21,23,25-27,29,31-38H2,1-2H3,(H2,48,49,50)/b8-6-,14-12-,24-22-,30-28-/t39-,40+,41+/m1/s1. The van der Waals surface area contributed by atoms with Gasteiger partial charge in [-0.25, -0.2) is 4.57 Å². The van der Waals surface area contributed by atoms with Crippen molar-refractivity contribution in [2.24, 2.45) is 0 Å². The van der Waals surface area contributed by atoms with E-state index in [1.54, 1.807) is 0 Å². The van der Waals surface area contributed by atoms with Gasteiger partial charge in [-0.05, 0) is 51.4 Å². The zero-order valence-corrected chi connectivity index (χ0v) is 34.7. The van der Waals surface area contributed by atoms with E-state index in [2.05, 4.69) is 48.8 Å². The average Bonchev–Trinajstić information content (AvgIpc) is 3.13. The number of carbonyl (C=O) groups is 2. The maximum Gasteiger partial charge on any atom is 0.469 e. The molecule has 0 amide bonds.